The van der Waals surface area contributed by atoms with Gasteiger partial charge in [-0.05, 0) is 37.2 Å². The van der Waals surface area contributed by atoms with E-state index in [4.69, 9.17) is 23.2 Å². The first-order chi connectivity index (χ1) is 10.1. The highest BCUT2D eigenvalue weighted by atomic mass is 35.5. The van der Waals surface area contributed by atoms with Crippen molar-refractivity contribution in [3.05, 3.63) is 16.1 Å². The van der Waals surface area contributed by atoms with E-state index in [1.54, 1.807) is 6.07 Å². The van der Waals surface area contributed by atoms with Gasteiger partial charge in [0.2, 0.25) is 0 Å². The summed E-state index contributed by atoms with van der Waals surface area (Å²) >= 11 is 12.4. The average molecular weight is 330 g/mol. The van der Waals surface area contributed by atoms with E-state index >= 15 is 0 Å². The molecule has 2 N–H and O–H groups in total. The lowest BCUT2D eigenvalue weighted by molar-refractivity contribution is 0.293. The third-order valence-electron chi connectivity index (χ3n) is 4.08. The van der Waals surface area contributed by atoms with E-state index in [2.05, 4.69) is 29.5 Å². The third-order valence-corrected chi connectivity index (χ3v) is 4.65. The summed E-state index contributed by atoms with van der Waals surface area (Å²) in [6.07, 6.45) is 6.31. The molecule has 1 aromatic rings. The van der Waals surface area contributed by atoms with Gasteiger partial charge in [-0.1, -0.05) is 49.9 Å². The Morgan fingerprint density at radius 1 is 1.19 bits per heavy atom. The Kier molecular flexibility index (Phi) is 6.43. The number of hydrogen-bond acceptors (Lipinski definition) is 3. The maximum absolute atomic E-state index is 6.24. The fourth-order valence-electron chi connectivity index (χ4n) is 2.94. The number of anilines is 2. The number of nitrogens with one attached hydrogen (secondary N) is 2. The van der Waals surface area contributed by atoms with Crippen molar-refractivity contribution in [2.75, 3.05) is 23.7 Å². The Morgan fingerprint density at radius 3 is 2.57 bits per heavy atom. The number of pyridine rings is 1. The van der Waals surface area contributed by atoms with Crippen LogP contribution in [0.2, 0.25) is 10.0 Å². The van der Waals surface area contributed by atoms with Crippen LogP contribution in [-0.4, -0.2) is 18.1 Å². The van der Waals surface area contributed by atoms with Gasteiger partial charge in [-0.3, -0.25) is 0 Å². The summed E-state index contributed by atoms with van der Waals surface area (Å²) in [6, 6.07) is 1.76. The van der Waals surface area contributed by atoms with Gasteiger partial charge in [0.15, 0.2) is 0 Å². The van der Waals surface area contributed by atoms with Crippen molar-refractivity contribution in [3.63, 3.8) is 0 Å². The number of nitrogens with zero attached hydrogens (tertiary/aromatic N) is 1. The highest BCUT2D eigenvalue weighted by Gasteiger charge is 2.19. The molecule has 2 unspecified atom stereocenters. The van der Waals surface area contributed by atoms with Crippen LogP contribution in [0.1, 0.15) is 46.0 Å². The second kappa shape index (κ2) is 8.09. The second-order valence-corrected chi connectivity index (χ2v) is 6.91. The zero-order valence-electron chi connectivity index (χ0n) is 12.9. The normalized spacial score (nSPS) is 22.1. The van der Waals surface area contributed by atoms with Crippen LogP contribution in [0.4, 0.5) is 11.6 Å². The number of aromatic nitrogens is 1. The van der Waals surface area contributed by atoms with Crippen molar-refractivity contribution in [1.82, 2.24) is 4.98 Å². The first-order valence-electron chi connectivity index (χ1n) is 7.94. The molecule has 21 heavy (non-hydrogen) atoms. The topological polar surface area (TPSA) is 37.0 Å². The lowest BCUT2D eigenvalue weighted by atomic mass is 9.82. The summed E-state index contributed by atoms with van der Waals surface area (Å²) in [5, 5.41) is 7.80. The van der Waals surface area contributed by atoms with Crippen molar-refractivity contribution >= 4 is 34.8 Å². The molecule has 0 aliphatic heterocycles. The van der Waals surface area contributed by atoms with E-state index < -0.39 is 0 Å². The van der Waals surface area contributed by atoms with Gasteiger partial charge in [0, 0.05) is 13.1 Å². The molecule has 0 spiro atoms. The first-order valence-corrected chi connectivity index (χ1v) is 8.69. The molecule has 1 saturated carbocycles. The Morgan fingerprint density at radius 2 is 1.90 bits per heavy atom. The highest BCUT2D eigenvalue weighted by Crippen LogP contribution is 2.31. The summed E-state index contributed by atoms with van der Waals surface area (Å²) in [6.45, 7) is 6.24. The van der Waals surface area contributed by atoms with Gasteiger partial charge in [0.25, 0.3) is 0 Å². The van der Waals surface area contributed by atoms with E-state index in [1.165, 1.54) is 25.7 Å². The van der Waals surface area contributed by atoms with Gasteiger partial charge in [-0.15, -0.1) is 0 Å². The third kappa shape index (κ3) is 4.93. The summed E-state index contributed by atoms with van der Waals surface area (Å²) in [5.74, 6) is 3.00. The van der Waals surface area contributed by atoms with Gasteiger partial charge in [0.05, 0.1) is 10.0 Å². The van der Waals surface area contributed by atoms with Crippen LogP contribution >= 0.6 is 23.2 Å². The van der Waals surface area contributed by atoms with Crippen LogP contribution in [-0.2, 0) is 0 Å². The maximum atomic E-state index is 6.24. The molecule has 1 fully saturated rings. The minimum atomic E-state index is 0.574. The van der Waals surface area contributed by atoms with E-state index in [0.29, 0.717) is 21.8 Å². The highest BCUT2D eigenvalue weighted by molar-refractivity contribution is 6.37. The predicted molar refractivity (Wildman–Crippen MR) is 92.6 cm³/mol. The molecule has 3 nitrogen and oxygen atoms in total. The molecule has 0 bridgehead atoms. The number of rotatable bonds is 6. The van der Waals surface area contributed by atoms with Crippen LogP contribution in [0.5, 0.6) is 0 Å². The molecule has 2 atom stereocenters. The molecule has 1 aliphatic carbocycles. The standard InChI is InChI=1S/C16H25Cl2N3/c1-3-7-19-15-13(17)9-14(18)16(21-15)20-10-12-6-4-5-11(2)8-12/h9,11-12H,3-8,10H2,1-2H3,(H2,19,20,21). The molecule has 1 heterocycles. The van der Waals surface area contributed by atoms with Crippen molar-refractivity contribution in [1.29, 1.82) is 0 Å². The van der Waals surface area contributed by atoms with Crippen molar-refractivity contribution in [2.24, 2.45) is 11.8 Å². The fourth-order valence-corrected chi connectivity index (χ4v) is 3.44. The van der Waals surface area contributed by atoms with Gasteiger partial charge in [0.1, 0.15) is 11.6 Å². The first kappa shape index (κ1) is 16.7. The minimum Gasteiger partial charge on any atom is -0.369 e. The van der Waals surface area contributed by atoms with Gasteiger partial charge in [-0.25, -0.2) is 4.98 Å². The summed E-state index contributed by atoms with van der Waals surface area (Å²) in [5.41, 5.74) is 0. The van der Waals surface area contributed by atoms with Crippen LogP contribution < -0.4 is 10.6 Å². The Bertz CT molecular complexity index is 465. The monoisotopic (exact) mass is 329 g/mol. The molecule has 1 aliphatic rings. The quantitative estimate of drug-likeness (QED) is 0.728. The van der Waals surface area contributed by atoms with Crippen LogP contribution in [0, 0.1) is 11.8 Å². The molecule has 0 saturated heterocycles. The fraction of sp³-hybridized carbons (Fsp3) is 0.688. The van der Waals surface area contributed by atoms with E-state index in [-0.39, 0.29) is 0 Å². The molecule has 118 valence electrons. The van der Waals surface area contributed by atoms with Crippen LogP contribution in [0.3, 0.4) is 0 Å². The summed E-state index contributed by atoms with van der Waals surface area (Å²) in [4.78, 5) is 4.53. The molecule has 0 radical (unpaired) electrons. The van der Waals surface area contributed by atoms with Crippen molar-refractivity contribution in [2.45, 2.75) is 46.0 Å². The number of hydrogen-bond donors (Lipinski definition) is 2. The molecular weight excluding hydrogens is 305 g/mol. The zero-order valence-corrected chi connectivity index (χ0v) is 14.4. The Hall–Kier alpha value is -0.670. The van der Waals surface area contributed by atoms with Crippen molar-refractivity contribution in [3.8, 4) is 0 Å². The van der Waals surface area contributed by atoms with Crippen molar-refractivity contribution < 1.29 is 0 Å². The number of halogens is 2. The van der Waals surface area contributed by atoms with Crippen LogP contribution in [0.25, 0.3) is 0 Å². The minimum absolute atomic E-state index is 0.574. The van der Waals surface area contributed by atoms with Gasteiger partial charge >= 0.3 is 0 Å². The summed E-state index contributed by atoms with van der Waals surface area (Å²) in [7, 11) is 0. The van der Waals surface area contributed by atoms with E-state index in [0.717, 1.165) is 31.2 Å². The van der Waals surface area contributed by atoms with E-state index in [9.17, 15) is 0 Å². The summed E-state index contributed by atoms with van der Waals surface area (Å²) < 4.78 is 0. The lowest BCUT2D eigenvalue weighted by Gasteiger charge is -2.27. The Balaban J connectivity index is 1.98. The molecule has 0 aromatic carbocycles. The molecule has 0 amide bonds. The SMILES string of the molecule is CCCNc1nc(NCC2CCCC(C)C2)c(Cl)cc1Cl. The lowest BCUT2D eigenvalue weighted by Crippen LogP contribution is -2.21. The largest absolute Gasteiger partial charge is 0.369 e. The predicted octanol–water partition coefficient (Wildman–Crippen LogP) is 5.45. The van der Waals surface area contributed by atoms with E-state index in [1.807, 2.05) is 0 Å². The maximum Gasteiger partial charge on any atom is 0.147 e. The molecule has 2 rings (SSSR count). The van der Waals surface area contributed by atoms with Gasteiger partial charge < -0.3 is 10.6 Å². The Labute approximate surface area is 137 Å². The second-order valence-electron chi connectivity index (χ2n) is 6.09. The smallest absolute Gasteiger partial charge is 0.147 e. The zero-order chi connectivity index (χ0) is 15.2. The molecule has 5 heteroatoms. The van der Waals surface area contributed by atoms with Crippen LogP contribution in [0.15, 0.2) is 6.07 Å². The molecular formula is C16H25Cl2N3. The average Bonchev–Trinajstić information content (AvgIpc) is 2.45. The van der Waals surface area contributed by atoms with Gasteiger partial charge in [-0.2, -0.15) is 0 Å². The molecule has 1 aromatic heterocycles.